The predicted molar refractivity (Wildman–Crippen MR) is 132 cm³/mol. The molecule has 1 heterocycles. The van der Waals surface area contributed by atoms with Crippen LogP contribution >= 0.6 is 0 Å². The first kappa shape index (κ1) is 26.2. The Kier molecular flexibility index (Phi) is 9.89. The minimum absolute atomic E-state index is 0.0647. The number of hydrogen-bond acceptors (Lipinski definition) is 6. The van der Waals surface area contributed by atoms with Crippen LogP contribution in [0.15, 0.2) is 42.5 Å². The molecule has 0 saturated heterocycles. The molecule has 7 nitrogen and oxygen atoms in total. The molecule has 2 N–H and O–H groups in total. The predicted octanol–water partition coefficient (Wildman–Crippen LogP) is 2.57. The highest BCUT2D eigenvalue weighted by molar-refractivity contribution is 5.94. The number of aliphatic hydroxyl groups excluding tert-OH is 2. The summed E-state index contributed by atoms with van der Waals surface area (Å²) < 4.78 is 11.9. The summed E-state index contributed by atoms with van der Waals surface area (Å²) >= 11 is 0. The number of aliphatic hydroxyl groups is 2. The van der Waals surface area contributed by atoms with Crippen LogP contribution < -0.4 is 4.74 Å². The standard InChI is InChI=1S/C27H38N2O5/c1-20(2)16-29-9-10-33-11-12-34-26-8-7-23(27(32)28(3)18-25(31)19-30)15-24(26)14-21-5-4-6-22(13-21)17-29/h4-8,13,15,20,25,30-31H,9-12,14,16-19H2,1-3H3. The highest BCUT2D eigenvalue weighted by Crippen LogP contribution is 2.25. The second-order valence-electron chi connectivity index (χ2n) is 9.43. The van der Waals surface area contributed by atoms with Crippen LogP contribution in [0.2, 0.25) is 0 Å². The zero-order chi connectivity index (χ0) is 24.5. The van der Waals surface area contributed by atoms with Crippen LogP contribution in [0.1, 0.15) is 40.9 Å². The highest BCUT2D eigenvalue weighted by Gasteiger charge is 2.18. The molecule has 34 heavy (non-hydrogen) atoms. The van der Waals surface area contributed by atoms with Crippen LogP contribution in [0, 0.1) is 5.92 Å². The van der Waals surface area contributed by atoms with Gasteiger partial charge in [-0.05, 0) is 40.8 Å². The smallest absolute Gasteiger partial charge is 0.253 e. The molecule has 186 valence electrons. The van der Waals surface area contributed by atoms with E-state index in [-0.39, 0.29) is 19.1 Å². The van der Waals surface area contributed by atoms with Gasteiger partial charge in [0.25, 0.3) is 5.91 Å². The van der Waals surface area contributed by atoms with Crippen molar-refractivity contribution in [2.24, 2.45) is 5.92 Å². The van der Waals surface area contributed by atoms with E-state index < -0.39 is 6.10 Å². The number of fused-ring (bicyclic) bond motifs is 3. The zero-order valence-electron chi connectivity index (χ0n) is 20.6. The first-order valence-corrected chi connectivity index (χ1v) is 12.0. The van der Waals surface area contributed by atoms with Gasteiger partial charge in [0.2, 0.25) is 0 Å². The molecule has 1 aliphatic rings. The number of ether oxygens (including phenoxy) is 2. The number of amides is 1. The number of nitrogens with zero attached hydrogens (tertiary/aromatic N) is 2. The third kappa shape index (κ3) is 7.81. The highest BCUT2D eigenvalue weighted by atomic mass is 16.5. The average Bonchev–Trinajstić information content (AvgIpc) is 2.80. The molecule has 0 radical (unpaired) electrons. The Morgan fingerprint density at radius 3 is 2.68 bits per heavy atom. The molecule has 0 saturated carbocycles. The van der Waals surface area contributed by atoms with Crippen LogP contribution in [0.4, 0.5) is 0 Å². The minimum atomic E-state index is -0.965. The van der Waals surface area contributed by atoms with Crippen LogP contribution in [0.3, 0.4) is 0 Å². The van der Waals surface area contributed by atoms with Crippen LogP contribution in [0.25, 0.3) is 0 Å². The summed E-state index contributed by atoms with van der Waals surface area (Å²) in [4.78, 5) is 16.8. The average molecular weight is 471 g/mol. The van der Waals surface area contributed by atoms with E-state index >= 15 is 0 Å². The van der Waals surface area contributed by atoms with Gasteiger partial charge in [0.05, 0.1) is 25.9 Å². The lowest BCUT2D eigenvalue weighted by molar-refractivity contribution is 0.0520. The second kappa shape index (κ2) is 12.9. The van der Waals surface area contributed by atoms with Gasteiger partial charge in [-0.1, -0.05) is 38.1 Å². The van der Waals surface area contributed by atoms with Gasteiger partial charge in [-0.15, -0.1) is 0 Å². The second-order valence-corrected chi connectivity index (χ2v) is 9.43. The molecule has 1 unspecified atom stereocenters. The van der Waals surface area contributed by atoms with Crippen molar-refractivity contribution in [3.63, 3.8) is 0 Å². The number of carbonyl (C=O) groups is 1. The largest absolute Gasteiger partial charge is 0.491 e. The fraction of sp³-hybridized carbons (Fsp3) is 0.519. The molecule has 2 bridgehead atoms. The molecule has 7 heteroatoms. The third-order valence-electron chi connectivity index (χ3n) is 5.80. The van der Waals surface area contributed by atoms with Gasteiger partial charge in [-0.2, -0.15) is 0 Å². The van der Waals surface area contributed by atoms with Crippen molar-refractivity contribution in [1.82, 2.24) is 9.80 Å². The third-order valence-corrected chi connectivity index (χ3v) is 5.80. The number of benzene rings is 2. The maximum atomic E-state index is 12.9. The monoisotopic (exact) mass is 470 g/mol. The van der Waals surface area contributed by atoms with Gasteiger partial charge in [0.15, 0.2) is 0 Å². The van der Waals surface area contributed by atoms with Gasteiger partial charge in [0, 0.05) is 45.2 Å². The molecular weight excluding hydrogens is 432 g/mol. The molecule has 1 amide bonds. The topological polar surface area (TPSA) is 82.5 Å². The van der Waals surface area contributed by atoms with Crippen molar-refractivity contribution in [2.75, 3.05) is 53.1 Å². The number of rotatable bonds is 6. The molecule has 3 rings (SSSR count). The van der Waals surface area contributed by atoms with E-state index in [9.17, 15) is 9.90 Å². The molecule has 0 spiro atoms. The lowest BCUT2D eigenvalue weighted by atomic mass is 9.99. The fourth-order valence-electron chi connectivity index (χ4n) is 4.24. The first-order chi connectivity index (χ1) is 16.4. The Bertz CT molecular complexity index is 933. The summed E-state index contributed by atoms with van der Waals surface area (Å²) in [7, 11) is 1.62. The van der Waals surface area contributed by atoms with E-state index in [0.717, 1.165) is 36.5 Å². The summed E-state index contributed by atoms with van der Waals surface area (Å²) in [6.45, 7) is 8.49. The van der Waals surface area contributed by atoms with Crippen molar-refractivity contribution in [3.05, 3.63) is 64.7 Å². The Hall–Kier alpha value is -2.45. The van der Waals surface area contributed by atoms with Crippen LogP contribution in [0.5, 0.6) is 5.75 Å². The van der Waals surface area contributed by atoms with E-state index in [1.54, 1.807) is 13.1 Å². The van der Waals surface area contributed by atoms with Gasteiger partial charge in [-0.25, -0.2) is 0 Å². The van der Waals surface area contributed by atoms with Crippen molar-refractivity contribution in [2.45, 2.75) is 32.9 Å². The Morgan fingerprint density at radius 1 is 1.12 bits per heavy atom. The molecule has 2 aromatic rings. The van der Waals surface area contributed by atoms with Crippen LogP contribution in [-0.2, 0) is 17.7 Å². The summed E-state index contributed by atoms with van der Waals surface area (Å²) in [6.07, 6.45) is -0.328. The van der Waals surface area contributed by atoms with Crippen molar-refractivity contribution < 1.29 is 24.5 Å². The maximum Gasteiger partial charge on any atom is 0.253 e. The normalized spacial score (nSPS) is 16.3. The number of hydrogen-bond donors (Lipinski definition) is 2. The van der Waals surface area contributed by atoms with Crippen molar-refractivity contribution in [1.29, 1.82) is 0 Å². The molecule has 0 aliphatic carbocycles. The SMILES string of the molecule is CC(C)CN1CCOCCOc2ccc(C(=O)N(C)CC(O)CO)cc2Cc2cccc(c2)C1. The number of likely N-dealkylation sites (N-methyl/N-ethyl adjacent to an activating group) is 1. The molecule has 1 aliphatic heterocycles. The lowest BCUT2D eigenvalue weighted by Crippen LogP contribution is -2.35. The lowest BCUT2D eigenvalue weighted by Gasteiger charge is -2.25. The number of carbonyl (C=O) groups excluding carboxylic acids is 1. The van der Waals surface area contributed by atoms with Gasteiger partial charge in [-0.3, -0.25) is 9.69 Å². The fourth-order valence-corrected chi connectivity index (χ4v) is 4.24. The summed E-state index contributed by atoms with van der Waals surface area (Å²) in [5.74, 6) is 1.10. The first-order valence-electron chi connectivity index (χ1n) is 12.0. The maximum absolute atomic E-state index is 12.9. The van der Waals surface area contributed by atoms with E-state index in [1.165, 1.54) is 10.5 Å². The minimum Gasteiger partial charge on any atom is -0.491 e. The van der Waals surface area contributed by atoms with Crippen molar-refractivity contribution >= 4 is 5.91 Å². The molecule has 0 fully saturated rings. The van der Waals surface area contributed by atoms with Gasteiger partial charge in [0.1, 0.15) is 12.4 Å². The van der Waals surface area contributed by atoms with E-state index in [2.05, 4.69) is 43.0 Å². The Morgan fingerprint density at radius 2 is 1.91 bits per heavy atom. The van der Waals surface area contributed by atoms with Crippen molar-refractivity contribution in [3.8, 4) is 5.75 Å². The summed E-state index contributed by atoms with van der Waals surface area (Å²) in [5, 5.41) is 18.8. The zero-order valence-corrected chi connectivity index (χ0v) is 20.6. The molecule has 2 aromatic carbocycles. The van der Waals surface area contributed by atoms with Gasteiger partial charge >= 0.3 is 0 Å². The van der Waals surface area contributed by atoms with E-state index in [1.807, 2.05) is 12.1 Å². The van der Waals surface area contributed by atoms with Crippen LogP contribution in [-0.4, -0.2) is 85.1 Å². The molecule has 0 aromatic heterocycles. The molecular formula is C27H38N2O5. The Labute approximate surface area is 202 Å². The quantitative estimate of drug-likeness (QED) is 0.675. The molecule has 1 atom stereocenters. The Balaban J connectivity index is 1.86. The summed E-state index contributed by atoms with van der Waals surface area (Å²) in [6, 6.07) is 14.0. The van der Waals surface area contributed by atoms with E-state index in [0.29, 0.717) is 37.7 Å². The van der Waals surface area contributed by atoms with Gasteiger partial charge < -0.3 is 24.6 Å². The summed E-state index contributed by atoms with van der Waals surface area (Å²) in [5.41, 5.74) is 3.86. The van der Waals surface area contributed by atoms with E-state index in [4.69, 9.17) is 14.6 Å².